The summed E-state index contributed by atoms with van der Waals surface area (Å²) in [6.45, 7) is 7.80. The number of aromatic nitrogens is 1. The molecule has 0 bridgehead atoms. The van der Waals surface area contributed by atoms with Crippen molar-refractivity contribution in [3.63, 3.8) is 0 Å². The predicted octanol–water partition coefficient (Wildman–Crippen LogP) is 2.84. The van der Waals surface area contributed by atoms with Gasteiger partial charge in [0.15, 0.2) is 0 Å². The molecule has 2 rings (SSSR count). The average molecular weight is 351 g/mol. The fraction of sp³-hybridized carbons (Fsp3) is 0.333. The number of hydrogen-bond donors (Lipinski definition) is 2. The fourth-order valence-corrected chi connectivity index (χ4v) is 1.92. The van der Waals surface area contributed by atoms with Crippen LogP contribution in [0.3, 0.4) is 0 Å². The number of hydrogen-bond acceptors (Lipinski definition) is 4. The standard InChI is InChI=1S/C13H21N3O.C5H5N.ClH/c1-3-16(4-2)10-9-15-13(17)11-5-7-12(14)8-6-11;1-2-4-6-5-3-1;/h5-8H,3-4,9-10,14H2,1-2H3,(H,15,17);1-5H;1H. The molecule has 1 aromatic heterocycles. The minimum atomic E-state index is -0.0443. The number of carbonyl (C=O) groups is 1. The summed E-state index contributed by atoms with van der Waals surface area (Å²) >= 11 is 0. The van der Waals surface area contributed by atoms with E-state index in [4.69, 9.17) is 5.73 Å². The molecule has 0 saturated heterocycles. The quantitative estimate of drug-likeness (QED) is 0.786. The summed E-state index contributed by atoms with van der Waals surface area (Å²) in [5, 5.41) is 2.90. The van der Waals surface area contributed by atoms with E-state index in [1.807, 2.05) is 18.2 Å². The summed E-state index contributed by atoms with van der Waals surface area (Å²) in [5.74, 6) is -0.0443. The third-order valence-electron chi connectivity index (χ3n) is 3.35. The maximum Gasteiger partial charge on any atom is 0.251 e. The number of anilines is 1. The van der Waals surface area contributed by atoms with E-state index >= 15 is 0 Å². The molecule has 0 spiro atoms. The number of pyridine rings is 1. The van der Waals surface area contributed by atoms with E-state index in [9.17, 15) is 4.79 Å². The van der Waals surface area contributed by atoms with E-state index in [1.54, 1.807) is 36.7 Å². The van der Waals surface area contributed by atoms with Crippen LogP contribution in [0.1, 0.15) is 24.2 Å². The lowest BCUT2D eigenvalue weighted by molar-refractivity contribution is 0.0949. The summed E-state index contributed by atoms with van der Waals surface area (Å²) in [4.78, 5) is 17.8. The number of rotatable bonds is 6. The van der Waals surface area contributed by atoms with Crippen LogP contribution in [-0.2, 0) is 0 Å². The van der Waals surface area contributed by atoms with Crippen molar-refractivity contribution in [2.45, 2.75) is 13.8 Å². The normalized spacial score (nSPS) is 9.46. The van der Waals surface area contributed by atoms with Crippen molar-refractivity contribution in [1.29, 1.82) is 0 Å². The number of likely N-dealkylation sites (N-methyl/N-ethyl adjacent to an activating group) is 1. The molecule has 1 amide bonds. The van der Waals surface area contributed by atoms with E-state index in [1.165, 1.54) is 0 Å². The molecule has 6 heteroatoms. The minimum Gasteiger partial charge on any atom is -0.399 e. The highest BCUT2D eigenvalue weighted by atomic mass is 35.5. The molecule has 0 unspecified atom stereocenters. The average Bonchev–Trinajstić information content (AvgIpc) is 2.61. The van der Waals surface area contributed by atoms with Crippen molar-refractivity contribution in [3.05, 3.63) is 60.4 Å². The molecule has 0 fully saturated rings. The third kappa shape index (κ3) is 9.12. The second kappa shape index (κ2) is 13.3. The zero-order valence-corrected chi connectivity index (χ0v) is 15.1. The van der Waals surface area contributed by atoms with Gasteiger partial charge in [0.25, 0.3) is 5.91 Å². The van der Waals surface area contributed by atoms with Crippen molar-refractivity contribution >= 4 is 24.0 Å². The van der Waals surface area contributed by atoms with Gasteiger partial charge in [-0.1, -0.05) is 19.9 Å². The first-order valence-corrected chi connectivity index (χ1v) is 7.88. The molecule has 5 nitrogen and oxygen atoms in total. The lowest BCUT2D eigenvalue weighted by atomic mass is 10.2. The molecule has 0 atom stereocenters. The molecule has 1 aromatic carbocycles. The molecule has 3 N–H and O–H groups in total. The predicted molar refractivity (Wildman–Crippen MR) is 102 cm³/mol. The third-order valence-corrected chi connectivity index (χ3v) is 3.35. The van der Waals surface area contributed by atoms with Gasteiger partial charge in [-0.2, -0.15) is 0 Å². The lowest BCUT2D eigenvalue weighted by Crippen LogP contribution is -2.34. The molecule has 2 aromatic rings. The highest BCUT2D eigenvalue weighted by Gasteiger charge is 2.05. The van der Waals surface area contributed by atoms with Gasteiger partial charge in [-0.3, -0.25) is 9.78 Å². The second-order valence-electron chi connectivity index (χ2n) is 4.93. The van der Waals surface area contributed by atoms with E-state index < -0.39 is 0 Å². The first-order valence-electron chi connectivity index (χ1n) is 7.88. The zero-order chi connectivity index (χ0) is 16.9. The minimum absolute atomic E-state index is 0. The maximum absolute atomic E-state index is 11.7. The van der Waals surface area contributed by atoms with E-state index in [-0.39, 0.29) is 18.3 Å². The molecule has 0 saturated carbocycles. The number of benzene rings is 1. The first-order chi connectivity index (χ1) is 11.2. The van der Waals surface area contributed by atoms with Gasteiger partial charge in [0.05, 0.1) is 0 Å². The summed E-state index contributed by atoms with van der Waals surface area (Å²) in [6.07, 6.45) is 3.50. The SMILES string of the molecule is CCN(CC)CCNC(=O)c1ccc(N)cc1.Cl.c1ccncc1. The van der Waals surface area contributed by atoms with Gasteiger partial charge in [0.1, 0.15) is 0 Å². The maximum atomic E-state index is 11.7. The van der Waals surface area contributed by atoms with Gasteiger partial charge in [0.2, 0.25) is 0 Å². The van der Waals surface area contributed by atoms with Crippen LogP contribution >= 0.6 is 12.4 Å². The smallest absolute Gasteiger partial charge is 0.251 e. The molecule has 0 aliphatic rings. The van der Waals surface area contributed by atoms with Gasteiger partial charge in [-0.05, 0) is 49.5 Å². The monoisotopic (exact) mass is 350 g/mol. The Balaban J connectivity index is 0.000000635. The molecule has 132 valence electrons. The number of amides is 1. The Morgan fingerprint density at radius 2 is 1.67 bits per heavy atom. The summed E-state index contributed by atoms with van der Waals surface area (Å²) in [5.41, 5.74) is 6.89. The largest absolute Gasteiger partial charge is 0.399 e. The molecular weight excluding hydrogens is 324 g/mol. The van der Waals surface area contributed by atoms with Crippen LogP contribution in [0, 0.1) is 0 Å². The Bertz CT molecular complexity index is 518. The lowest BCUT2D eigenvalue weighted by Gasteiger charge is -2.17. The van der Waals surface area contributed by atoms with Crippen molar-refractivity contribution in [1.82, 2.24) is 15.2 Å². The number of nitrogens with one attached hydrogen (secondary N) is 1. The van der Waals surface area contributed by atoms with Crippen LogP contribution in [0.2, 0.25) is 0 Å². The molecule has 0 radical (unpaired) electrons. The number of nitrogens with zero attached hydrogens (tertiary/aromatic N) is 2. The second-order valence-corrected chi connectivity index (χ2v) is 4.93. The van der Waals surface area contributed by atoms with Gasteiger partial charge in [0, 0.05) is 36.7 Å². The van der Waals surface area contributed by atoms with Crippen molar-refractivity contribution in [3.8, 4) is 0 Å². The summed E-state index contributed by atoms with van der Waals surface area (Å²) in [6, 6.07) is 12.7. The first kappa shape index (κ1) is 21.9. The summed E-state index contributed by atoms with van der Waals surface area (Å²) in [7, 11) is 0. The molecule has 0 aliphatic heterocycles. The zero-order valence-electron chi connectivity index (χ0n) is 14.3. The van der Waals surface area contributed by atoms with Crippen LogP contribution in [0.25, 0.3) is 0 Å². The van der Waals surface area contributed by atoms with Crippen molar-refractivity contribution in [2.75, 3.05) is 31.9 Å². The van der Waals surface area contributed by atoms with Crippen LogP contribution in [0.15, 0.2) is 54.9 Å². The van der Waals surface area contributed by atoms with Gasteiger partial charge < -0.3 is 16.0 Å². The Hall–Kier alpha value is -2.11. The number of halogens is 1. The topological polar surface area (TPSA) is 71.2 Å². The van der Waals surface area contributed by atoms with Crippen LogP contribution < -0.4 is 11.1 Å². The Morgan fingerprint density at radius 1 is 1.08 bits per heavy atom. The van der Waals surface area contributed by atoms with Crippen LogP contribution in [-0.4, -0.2) is 42.0 Å². The Morgan fingerprint density at radius 3 is 2.08 bits per heavy atom. The van der Waals surface area contributed by atoms with Crippen molar-refractivity contribution in [2.24, 2.45) is 0 Å². The Kier molecular flexibility index (Phi) is 12.2. The number of nitrogen functional groups attached to an aromatic ring is 1. The highest BCUT2D eigenvalue weighted by molar-refractivity contribution is 5.94. The van der Waals surface area contributed by atoms with Crippen LogP contribution in [0.4, 0.5) is 5.69 Å². The highest BCUT2D eigenvalue weighted by Crippen LogP contribution is 2.04. The van der Waals surface area contributed by atoms with Gasteiger partial charge in [-0.25, -0.2) is 0 Å². The van der Waals surface area contributed by atoms with E-state index in [2.05, 4.69) is 29.0 Å². The van der Waals surface area contributed by atoms with Gasteiger partial charge in [-0.15, -0.1) is 12.4 Å². The molecule has 0 aliphatic carbocycles. The van der Waals surface area contributed by atoms with Gasteiger partial charge >= 0.3 is 0 Å². The Labute approximate surface area is 150 Å². The van der Waals surface area contributed by atoms with Crippen LogP contribution in [0.5, 0.6) is 0 Å². The number of carbonyl (C=O) groups excluding carboxylic acids is 1. The molecular formula is C18H27ClN4O. The molecule has 1 heterocycles. The summed E-state index contributed by atoms with van der Waals surface area (Å²) < 4.78 is 0. The van der Waals surface area contributed by atoms with E-state index in [0.29, 0.717) is 17.8 Å². The van der Waals surface area contributed by atoms with E-state index in [0.717, 1.165) is 19.6 Å². The number of nitrogens with two attached hydrogens (primary N) is 1. The molecule has 24 heavy (non-hydrogen) atoms. The van der Waals surface area contributed by atoms with Crippen molar-refractivity contribution < 1.29 is 4.79 Å². The fourth-order valence-electron chi connectivity index (χ4n) is 1.92.